The van der Waals surface area contributed by atoms with Crippen molar-refractivity contribution in [3.05, 3.63) is 129 Å². The summed E-state index contributed by atoms with van der Waals surface area (Å²) in [5.74, 6) is 1.90. The molecule has 5 aromatic rings. The number of fused-ring (bicyclic) bond motifs is 2. The maximum absolute atomic E-state index is 13.9. The van der Waals surface area contributed by atoms with Gasteiger partial charge in [0.1, 0.15) is 11.4 Å². The predicted octanol–water partition coefficient (Wildman–Crippen LogP) is 9.04. The molecule has 0 amide bonds. The van der Waals surface area contributed by atoms with Gasteiger partial charge < -0.3 is 34.4 Å². The monoisotopic (exact) mass is 1160 g/mol. The van der Waals surface area contributed by atoms with Crippen molar-refractivity contribution >= 4 is 81.7 Å². The SMILES string of the molecule is CCCCOC(c1ccccc1)(c1ccccc1)C1(Br)C=CC=CC1.Nc1nc(F)nc2c1nc(Cc1cc3c(cc1I)OCO3)n2CCOCCCCOS(N)(=O)=O.OCCCCBr. The lowest BCUT2D eigenvalue weighted by molar-refractivity contribution is -0.0364. The Hall–Kier alpha value is -3.54. The maximum atomic E-state index is 13.9. The fourth-order valence-electron chi connectivity index (χ4n) is 7.12. The van der Waals surface area contributed by atoms with E-state index >= 15 is 0 Å². The number of aromatic nitrogens is 4. The molecule has 19 heteroatoms. The number of halogens is 4. The summed E-state index contributed by atoms with van der Waals surface area (Å²) >= 11 is 9.53. The maximum Gasteiger partial charge on any atom is 0.333 e. The minimum absolute atomic E-state index is 0.0118. The van der Waals surface area contributed by atoms with Crippen molar-refractivity contribution in [3.63, 3.8) is 0 Å². The number of aliphatic hydroxyl groups is 1. The van der Waals surface area contributed by atoms with Crippen LogP contribution in [0.5, 0.6) is 11.5 Å². The largest absolute Gasteiger partial charge is 0.454 e. The molecule has 5 N–H and O–H groups in total. The fraction of sp³-hybridized carbons (Fsp3) is 0.413. The molecule has 14 nitrogen and oxygen atoms in total. The van der Waals surface area contributed by atoms with Crippen molar-refractivity contribution in [1.82, 2.24) is 19.5 Å². The van der Waals surface area contributed by atoms with E-state index in [0.29, 0.717) is 61.9 Å². The number of nitrogens with two attached hydrogens (primary N) is 2. The number of nitrogen functional groups attached to an aromatic ring is 1. The Bertz CT molecular complexity index is 2390. The van der Waals surface area contributed by atoms with Crippen LogP contribution in [-0.2, 0) is 42.5 Å². The zero-order valence-electron chi connectivity index (χ0n) is 36.2. The molecule has 0 fully saturated rings. The molecule has 1 atom stereocenters. The van der Waals surface area contributed by atoms with Gasteiger partial charge in [-0.15, -0.1) is 0 Å². The Morgan fingerprint density at radius 3 is 2.20 bits per heavy atom. The number of imidazole rings is 1. The first kappa shape index (κ1) is 52.4. The van der Waals surface area contributed by atoms with Crippen LogP contribution >= 0.6 is 54.5 Å². The Balaban J connectivity index is 0.000000225. The van der Waals surface area contributed by atoms with Crippen molar-refractivity contribution in [1.29, 1.82) is 0 Å². The average molecular weight is 1160 g/mol. The van der Waals surface area contributed by atoms with Gasteiger partial charge in [0.2, 0.25) is 6.79 Å². The van der Waals surface area contributed by atoms with E-state index in [9.17, 15) is 12.8 Å². The molecule has 1 aliphatic carbocycles. The zero-order valence-corrected chi connectivity index (χ0v) is 42.4. The normalized spacial score (nSPS) is 15.4. The van der Waals surface area contributed by atoms with Gasteiger partial charge in [0.25, 0.3) is 0 Å². The smallest absolute Gasteiger partial charge is 0.333 e. The van der Waals surface area contributed by atoms with Crippen molar-refractivity contribution in [2.75, 3.05) is 50.9 Å². The molecule has 7 rings (SSSR count). The first-order valence-electron chi connectivity index (χ1n) is 21.3. The van der Waals surface area contributed by atoms with Gasteiger partial charge in [-0.3, -0.25) is 4.18 Å². The molecule has 0 bridgehead atoms. The Morgan fingerprint density at radius 1 is 0.923 bits per heavy atom. The lowest BCUT2D eigenvalue weighted by Crippen LogP contribution is -2.49. The zero-order chi connectivity index (χ0) is 46.7. The number of hydrogen-bond donors (Lipinski definition) is 3. The molecular formula is C46H56Br2FIN6O8S. The highest BCUT2D eigenvalue weighted by Gasteiger charge is 2.52. The summed E-state index contributed by atoms with van der Waals surface area (Å²) in [5.41, 5.74) is 9.20. The second-order valence-corrected chi connectivity index (χ2v) is 19.5. The van der Waals surface area contributed by atoms with Crippen LogP contribution in [0.15, 0.2) is 97.1 Å². The third kappa shape index (κ3) is 14.7. The summed E-state index contributed by atoms with van der Waals surface area (Å²) < 4.78 is 65.6. The highest BCUT2D eigenvalue weighted by molar-refractivity contribution is 14.1. The van der Waals surface area contributed by atoms with Gasteiger partial charge in [-0.05, 0) is 89.9 Å². The predicted molar refractivity (Wildman–Crippen MR) is 266 cm³/mol. The number of benzene rings is 3. The summed E-state index contributed by atoms with van der Waals surface area (Å²) in [4.78, 5) is 12.0. The fourth-order valence-corrected chi connectivity index (χ4v) is 9.41. The summed E-state index contributed by atoms with van der Waals surface area (Å²) in [5, 5.41) is 14.0. The van der Waals surface area contributed by atoms with E-state index in [1.54, 1.807) is 4.57 Å². The molecule has 0 saturated heterocycles. The lowest BCUT2D eigenvalue weighted by atomic mass is 9.73. The van der Waals surface area contributed by atoms with Crippen molar-refractivity contribution in [3.8, 4) is 11.5 Å². The van der Waals surface area contributed by atoms with Crippen molar-refractivity contribution < 1.29 is 41.0 Å². The molecule has 1 aliphatic heterocycles. The highest BCUT2D eigenvalue weighted by Crippen LogP contribution is 2.52. The van der Waals surface area contributed by atoms with Crippen LogP contribution in [-0.4, -0.2) is 82.5 Å². The number of rotatable bonds is 21. The Labute approximate surface area is 411 Å². The lowest BCUT2D eigenvalue weighted by Gasteiger charge is -2.47. The van der Waals surface area contributed by atoms with E-state index in [1.807, 2.05) is 12.1 Å². The molecule has 0 saturated carbocycles. The van der Waals surface area contributed by atoms with E-state index in [4.69, 9.17) is 34.9 Å². The molecule has 0 radical (unpaired) electrons. The first-order chi connectivity index (χ1) is 31.4. The highest BCUT2D eigenvalue weighted by atomic mass is 127. The third-order valence-electron chi connectivity index (χ3n) is 10.3. The third-order valence-corrected chi connectivity index (χ3v) is 13.5. The molecule has 2 aliphatic rings. The van der Waals surface area contributed by atoms with Gasteiger partial charge in [-0.2, -0.15) is 22.8 Å². The molecule has 352 valence electrons. The van der Waals surface area contributed by atoms with E-state index in [1.165, 1.54) is 11.1 Å². The number of ether oxygens (including phenoxy) is 4. The second-order valence-electron chi connectivity index (χ2n) is 14.9. The Morgan fingerprint density at radius 2 is 1.60 bits per heavy atom. The van der Waals surface area contributed by atoms with Gasteiger partial charge in [0.15, 0.2) is 28.5 Å². The van der Waals surface area contributed by atoms with Crippen molar-refractivity contribution in [2.24, 2.45) is 5.14 Å². The number of hydrogen-bond acceptors (Lipinski definition) is 12. The standard InChI is InChI=1S/C23H25BrO.C19H22FIN6O6S.C4H9BrO/c1-2-3-19-25-23(20-13-7-4-8-14-20,21-15-9-5-10-16-21)22(24)17-11-6-12-18-22;20-19-25-17(22)16-18(26-19)27(3-6-30-4-1-2-5-33-34(23,28)29)15(24-16)8-11-7-13-14(9-12(11)21)32-10-31-13;5-3-1-2-4-6/h4-17H,2-3,18-19H2,1H3;7,9H,1-6,8,10H2,(H2,22,25,26)(H2,23,28,29);6H,1-4H2. The van der Waals surface area contributed by atoms with E-state index in [0.717, 1.165) is 53.2 Å². The summed E-state index contributed by atoms with van der Waals surface area (Å²) in [7, 11) is -3.94. The molecule has 3 heterocycles. The number of alkyl halides is 2. The molecular weight excluding hydrogens is 1100 g/mol. The summed E-state index contributed by atoms with van der Waals surface area (Å²) in [6, 6.07) is 25.0. The van der Waals surface area contributed by atoms with Gasteiger partial charge in [-0.1, -0.05) is 130 Å². The van der Waals surface area contributed by atoms with Gasteiger partial charge in [-0.25, -0.2) is 10.1 Å². The van der Waals surface area contributed by atoms with Gasteiger partial charge in [0, 0.05) is 41.7 Å². The van der Waals surface area contributed by atoms with Crippen molar-refractivity contribution in [2.45, 2.75) is 74.8 Å². The molecule has 65 heavy (non-hydrogen) atoms. The number of aliphatic hydroxyl groups excluding tert-OH is 1. The second kappa shape index (κ2) is 26.1. The Kier molecular flexibility index (Phi) is 21.1. The number of nitrogens with zero attached hydrogens (tertiary/aromatic N) is 4. The van der Waals surface area contributed by atoms with Crippen LogP contribution in [0.1, 0.15) is 74.4 Å². The van der Waals surface area contributed by atoms with Crippen LogP contribution < -0.4 is 20.3 Å². The molecule has 2 aromatic heterocycles. The number of unbranched alkanes of at least 4 members (excludes halogenated alkanes) is 3. The number of allylic oxidation sites excluding steroid dienone is 3. The van der Waals surface area contributed by atoms with Crippen LogP contribution in [0.4, 0.5) is 10.2 Å². The van der Waals surface area contributed by atoms with E-state index in [2.05, 4.69) is 165 Å². The minimum Gasteiger partial charge on any atom is -0.454 e. The van der Waals surface area contributed by atoms with Crippen LogP contribution in [0, 0.1) is 9.65 Å². The molecule has 0 spiro atoms. The van der Waals surface area contributed by atoms with Gasteiger partial charge in [0.05, 0.1) is 17.5 Å². The van der Waals surface area contributed by atoms with Crippen LogP contribution in [0.25, 0.3) is 11.2 Å². The number of anilines is 1. The van der Waals surface area contributed by atoms with Crippen LogP contribution in [0.3, 0.4) is 0 Å². The summed E-state index contributed by atoms with van der Waals surface area (Å²) in [6.45, 7) is 4.42. The van der Waals surface area contributed by atoms with Crippen LogP contribution in [0.2, 0.25) is 0 Å². The topological polar surface area (TPSA) is 196 Å². The molecule has 3 aromatic carbocycles. The quantitative estimate of drug-likeness (QED) is 0.0273. The van der Waals surface area contributed by atoms with Gasteiger partial charge >= 0.3 is 16.4 Å². The summed E-state index contributed by atoms with van der Waals surface area (Å²) in [6.07, 6.45) is 14.2. The minimum atomic E-state index is -3.94. The van der Waals surface area contributed by atoms with E-state index < -0.39 is 22.0 Å². The first-order valence-corrected chi connectivity index (χ1v) is 25.8. The average Bonchev–Trinajstić information content (AvgIpc) is 3.90. The van der Waals surface area contributed by atoms with E-state index in [-0.39, 0.29) is 35.8 Å². The molecule has 1 unspecified atom stereocenters.